The van der Waals surface area contributed by atoms with E-state index in [-0.39, 0.29) is 35.0 Å². The van der Waals surface area contributed by atoms with Crippen molar-refractivity contribution < 1.29 is 36.7 Å². The molecule has 1 aromatic heterocycles. The van der Waals surface area contributed by atoms with Crippen LogP contribution in [0.5, 0.6) is 0 Å². The van der Waals surface area contributed by atoms with Crippen LogP contribution in [-0.4, -0.2) is 73.4 Å². The third-order valence-corrected chi connectivity index (χ3v) is 14.2. The van der Waals surface area contributed by atoms with E-state index in [1.807, 2.05) is 42.7 Å². The number of aromatic nitrogens is 2. The zero-order valence-corrected chi connectivity index (χ0v) is 32.0. The number of alkyl halides is 3. The van der Waals surface area contributed by atoms with Crippen LogP contribution in [0.15, 0.2) is 102 Å². The van der Waals surface area contributed by atoms with Crippen molar-refractivity contribution in [2.75, 3.05) is 30.7 Å². The number of amides is 2. The Morgan fingerprint density at radius 3 is 2.13 bits per heavy atom. The van der Waals surface area contributed by atoms with Gasteiger partial charge in [-0.1, -0.05) is 111 Å². The van der Waals surface area contributed by atoms with Crippen molar-refractivity contribution in [3.8, 4) is 11.8 Å². The number of thioether (sulfide) groups is 1. The Bertz CT molecular complexity index is 1980. The number of nitrogens with zero attached hydrogens (tertiary/aromatic N) is 2. The number of benzene rings is 3. The first-order valence-corrected chi connectivity index (χ1v) is 20.4. The number of hydrogen-bond donors (Lipinski definition) is 2. The Morgan fingerprint density at radius 1 is 0.981 bits per heavy atom. The van der Waals surface area contributed by atoms with Crippen LogP contribution < -0.4 is 26.7 Å². The van der Waals surface area contributed by atoms with Gasteiger partial charge in [0.15, 0.2) is 5.82 Å². The molecule has 284 valence electrons. The van der Waals surface area contributed by atoms with Gasteiger partial charge in [-0.15, -0.1) is 11.8 Å². The number of halogens is 3. The summed E-state index contributed by atoms with van der Waals surface area (Å²) >= 11 is 1.49. The summed E-state index contributed by atoms with van der Waals surface area (Å²) in [4.78, 5) is 42.0. The minimum absolute atomic E-state index is 0.0114. The summed E-state index contributed by atoms with van der Waals surface area (Å²) in [6, 6.07) is 28.4. The smallest absolute Gasteiger partial charge is 0.405 e. The van der Waals surface area contributed by atoms with E-state index in [0.717, 1.165) is 10.4 Å². The summed E-state index contributed by atoms with van der Waals surface area (Å²) in [5.74, 6) is 2.50. The maximum Gasteiger partial charge on any atom is 0.471 e. The zero-order valence-electron chi connectivity index (χ0n) is 30.2. The van der Waals surface area contributed by atoms with E-state index in [0.29, 0.717) is 5.94 Å². The molecule has 3 aromatic carbocycles. The van der Waals surface area contributed by atoms with Crippen LogP contribution in [-0.2, 0) is 18.7 Å². The van der Waals surface area contributed by atoms with E-state index >= 15 is 0 Å². The highest BCUT2D eigenvalue weighted by atomic mass is 32.2. The minimum atomic E-state index is -5.09. The molecule has 2 amide bonds. The molecule has 0 saturated carbocycles. The molecule has 0 radical (unpaired) electrons. The van der Waals surface area contributed by atoms with Gasteiger partial charge in [-0.3, -0.25) is 14.2 Å². The highest BCUT2D eigenvalue weighted by Crippen LogP contribution is 2.38. The lowest BCUT2D eigenvalue weighted by Crippen LogP contribution is -2.67. The van der Waals surface area contributed by atoms with Gasteiger partial charge in [0.25, 0.3) is 14.2 Å². The first-order chi connectivity index (χ1) is 25.7. The summed E-state index contributed by atoms with van der Waals surface area (Å²) in [5.41, 5.74) is -0.481. The average molecular weight is 779 g/mol. The van der Waals surface area contributed by atoms with Crippen molar-refractivity contribution in [2.24, 2.45) is 0 Å². The van der Waals surface area contributed by atoms with Crippen molar-refractivity contribution in [3.05, 3.63) is 119 Å². The van der Waals surface area contributed by atoms with E-state index in [4.69, 9.17) is 13.9 Å². The lowest BCUT2D eigenvalue weighted by molar-refractivity contribution is -0.173. The average Bonchev–Trinajstić information content (AvgIpc) is 3.56. The normalized spacial score (nSPS) is 17.4. The van der Waals surface area contributed by atoms with E-state index in [2.05, 4.69) is 67.2 Å². The van der Waals surface area contributed by atoms with Gasteiger partial charge < -0.3 is 24.5 Å². The summed E-state index contributed by atoms with van der Waals surface area (Å²) in [7, 11) is -2.97. The Balaban J connectivity index is 1.48. The molecule has 0 aliphatic carbocycles. The van der Waals surface area contributed by atoms with Crippen molar-refractivity contribution in [3.63, 3.8) is 0 Å². The SMILES string of the molecule is CSCO[C@H]1C[C@H](n2cc(C#CCNC(=O)C(F)(F)F)c(NC(=O)c3ccccc3)nc2=O)O[C@@H]1CO[Si](c1ccccc1)(c1ccccc1)C(C)(C)C. The zero-order chi connectivity index (χ0) is 38.9. The van der Waals surface area contributed by atoms with Crippen LogP contribution >= 0.6 is 11.8 Å². The lowest BCUT2D eigenvalue weighted by Gasteiger charge is -2.43. The van der Waals surface area contributed by atoms with E-state index in [1.165, 1.54) is 22.5 Å². The van der Waals surface area contributed by atoms with Gasteiger partial charge in [0, 0.05) is 18.2 Å². The fourth-order valence-electron chi connectivity index (χ4n) is 6.32. The largest absolute Gasteiger partial charge is 0.471 e. The van der Waals surface area contributed by atoms with Crippen LogP contribution in [0.2, 0.25) is 5.04 Å². The van der Waals surface area contributed by atoms with Crippen LogP contribution in [0.25, 0.3) is 0 Å². The Morgan fingerprint density at radius 2 is 1.57 bits per heavy atom. The van der Waals surface area contributed by atoms with Gasteiger partial charge in [-0.05, 0) is 33.8 Å². The summed E-state index contributed by atoms with van der Waals surface area (Å²) < 4.78 is 59.3. The Labute approximate surface area is 316 Å². The molecular formula is C39H41F3N4O6SSi. The second-order valence-corrected chi connectivity index (χ2v) is 18.6. The monoisotopic (exact) mass is 778 g/mol. The molecule has 0 spiro atoms. The summed E-state index contributed by atoms with van der Waals surface area (Å²) in [6.45, 7) is 5.98. The van der Waals surface area contributed by atoms with Gasteiger partial charge in [0.2, 0.25) is 0 Å². The first-order valence-electron chi connectivity index (χ1n) is 17.1. The number of carbonyl (C=O) groups excluding carboxylic acids is 2. The molecule has 5 rings (SSSR count). The topological polar surface area (TPSA) is 121 Å². The van der Waals surface area contributed by atoms with E-state index in [1.54, 1.807) is 35.6 Å². The molecule has 2 N–H and O–H groups in total. The van der Waals surface area contributed by atoms with Gasteiger partial charge >= 0.3 is 17.8 Å². The van der Waals surface area contributed by atoms with Gasteiger partial charge in [-0.25, -0.2) is 4.79 Å². The highest BCUT2D eigenvalue weighted by Gasteiger charge is 2.51. The van der Waals surface area contributed by atoms with Crippen molar-refractivity contribution in [1.29, 1.82) is 0 Å². The summed E-state index contributed by atoms with van der Waals surface area (Å²) in [5, 5.41) is 6.12. The highest BCUT2D eigenvalue weighted by molar-refractivity contribution is 7.98. The molecule has 1 fully saturated rings. The number of hydrogen-bond acceptors (Lipinski definition) is 8. The van der Waals surface area contributed by atoms with Gasteiger partial charge in [-0.2, -0.15) is 18.2 Å². The molecule has 1 aliphatic rings. The molecule has 4 aromatic rings. The van der Waals surface area contributed by atoms with E-state index in [9.17, 15) is 27.6 Å². The molecular weight excluding hydrogens is 738 g/mol. The molecule has 1 saturated heterocycles. The second kappa shape index (κ2) is 17.6. The van der Waals surface area contributed by atoms with Crippen LogP contribution in [0.4, 0.5) is 19.0 Å². The minimum Gasteiger partial charge on any atom is -0.405 e. The van der Waals surface area contributed by atoms with Crippen molar-refractivity contribution in [1.82, 2.24) is 14.9 Å². The molecule has 54 heavy (non-hydrogen) atoms. The standard InChI is InChI=1S/C39H41F3N4O6SSi/c1-38(2,3)54(29-18-10-6-11-19-29,30-20-12-7-13-21-30)51-25-32-31(50-26-53-4)23-33(52-32)46-24-28(17-14-22-43-36(48)39(40,41)42)34(45-37(46)49)44-35(47)27-15-8-5-9-16-27/h5-13,15-16,18-21,24,31-33H,22-23,25-26H2,1-4H3,(H,43,48)(H,44,45,47,49)/t31-,32+,33+/m0/s1. The maximum absolute atomic E-state index is 13.6. The maximum atomic E-state index is 13.6. The third-order valence-electron chi connectivity index (χ3n) is 8.81. The van der Waals surface area contributed by atoms with Crippen molar-refractivity contribution in [2.45, 2.75) is 56.8 Å². The predicted molar refractivity (Wildman–Crippen MR) is 204 cm³/mol. The molecule has 3 atom stereocenters. The number of anilines is 1. The fourth-order valence-corrected chi connectivity index (χ4v) is 11.2. The second-order valence-electron chi connectivity index (χ2n) is 13.4. The van der Waals surface area contributed by atoms with Gasteiger partial charge in [0.1, 0.15) is 12.3 Å². The third kappa shape index (κ3) is 9.49. The fraction of sp³-hybridized carbons (Fsp3) is 0.333. The quantitative estimate of drug-likeness (QED) is 0.116. The molecule has 2 heterocycles. The Hall–Kier alpha value is -4.72. The van der Waals surface area contributed by atoms with Crippen molar-refractivity contribution >= 4 is 48.1 Å². The molecule has 0 bridgehead atoms. The summed E-state index contributed by atoms with van der Waals surface area (Å²) in [6.07, 6.45) is -3.61. The van der Waals surface area contributed by atoms with Crippen LogP contribution in [0, 0.1) is 11.8 Å². The number of ether oxygens (including phenoxy) is 2. The molecule has 15 heteroatoms. The molecule has 0 unspecified atom stereocenters. The van der Waals surface area contributed by atoms with Crippen LogP contribution in [0.1, 0.15) is 49.3 Å². The number of rotatable bonds is 12. The predicted octanol–water partition coefficient (Wildman–Crippen LogP) is 5.10. The number of carbonyl (C=O) groups is 2. The first kappa shape index (κ1) is 40.5. The van der Waals surface area contributed by atoms with Gasteiger partial charge in [0.05, 0.1) is 30.8 Å². The molecule has 1 aliphatic heterocycles. The Kier molecular flexibility index (Phi) is 13.2. The van der Waals surface area contributed by atoms with Crippen LogP contribution in [0.3, 0.4) is 0 Å². The lowest BCUT2D eigenvalue weighted by atomic mass is 10.2. The van der Waals surface area contributed by atoms with E-state index < -0.39 is 57.0 Å². The molecule has 10 nitrogen and oxygen atoms in total. The number of nitrogens with one attached hydrogen (secondary N) is 2.